The predicted molar refractivity (Wildman–Crippen MR) is 96.3 cm³/mol. The second kappa shape index (κ2) is 5.92. The van der Waals surface area contributed by atoms with Crippen LogP contribution in [0.2, 0.25) is 5.02 Å². The summed E-state index contributed by atoms with van der Waals surface area (Å²) in [7, 11) is 1.66. The molecule has 0 radical (unpaired) electrons. The standard InChI is InChI=1S/C18H13ClN2O2S/c1-23-11-6-7-12-10(8-11)9-15-16(12)20-18(24-15)21-17(22)13-4-2-3-5-14(13)19/h2-8H,9H2,1H3,(H,20,21,22). The van der Waals surface area contributed by atoms with E-state index >= 15 is 0 Å². The molecule has 1 amide bonds. The minimum atomic E-state index is -0.247. The van der Waals surface area contributed by atoms with E-state index in [2.05, 4.69) is 10.3 Å². The number of fused-ring (bicyclic) bond motifs is 3. The van der Waals surface area contributed by atoms with Crippen LogP contribution in [-0.2, 0) is 6.42 Å². The number of benzene rings is 2. The average molecular weight is 357 g/mol. The highest BCUT2D eigenvalue weighted by Crippen LogP contribution is 2.42. The molecule has 0 unspecified atom stereocenters. The van der Waals surface area contributed by atoms with E-state index in [9.17, 15) is 4.79 Å². The number of halogens is 1. The van der Waals surface area contributed by atoms with Crippen LogP contribution >= 0.6 is 22.9 Å². The normalized spacial score (nSPS) is 11.8. The number of aromatic nitrogens is 1. The van der Waals surface area contributed by atoms with E-state index in [1.807, 2.05) is 18.2 Å². The van der Waals surface area contributed by atoms with Gasteiger partial charge in [-0.25, -0.2) is 4.98 Å². The number of ether oxygens (including phenoxy) is 1. The van der Waals surface area contributed by atoms with Gasteiger partial charge in [0.15, 0.2) is 5.13 Å². The molecule has 6 heteroatoms. The van der Waals surface area contributed by atoms with Crippen LogP contribution in [0.4, 0.5) is 5.13 Å². The van der Waals surface area contributed by atoms with Crippen molar-refractivity contribution < 1.29 is 9.53 Å². The zero-order chi connectivity index (χ0) is 16.7. The Bertz CT molecular complexity index is 952. The fourth-order valence-electron chi connectivity index (χ4n) is 2.79. The molecular weight excluding hydrogens is 344 g/mol. The Kier molecular flexibility index (Phi) is 3.75. The number of rotatable bonds is 3. The maximum atomic E-state index is 12.3. The van der Waals surface area contributed by atoms with Crippen molar-refractivity contribution in [3.05, 3.63) is 63.5 Å². The zero-order valence-corrected chi connectivity index (χ0v) is 14.4. The minimum absolute atomic E-state index is 0.247. The lowest BCUT2D eigenvalue weighted by atomic mass is 10.1. The first-order chi connectivity index (χ1) is 11.7. The van der Waals surface area contributed by atoms with Crippen molar-refractivity contribution in [2.45, 2.75) is 6.42 Å². The van der Waals surface area contributed by atoms with E-state index in [1.54, 1.807) is 31.4 Å². The predicted octanol–water partition coefficient (Wildman–Crippen LogP) is 4.63. The Labute approximate surface area is 148 Å². The van der Waals surface area contributed by atoms with Crippen LogP contribution in [0, 0.1) is 0 Å². The van der Waals surface area contributed by atoms with E-state index in [0.29, 0.717) is 15.7 Å². The van der Waals surface area contributed by atoms with Gasteiger partial charge in [-0.1, -0.05) is 23.7 Å². The summed E-state index contributed by atoms with van der Waals surface area (Å²) in [6.45, 7) is 0. The van der Waals surface area contributed by atoms with Crippen molar-refractivity contribution >= 4 is 34.0 Å². The minimum Gasteiger partial charge on any atom is -0.497 e. The summed E-state index contributed by atoms with van der Waals surface area (Å²) in [5.74, 6) is 0.596. The van der Waals surface area contributed by atoms with Crippen molar-refractivity contribution in [2.75, 3.05) is 12.4 Å². The summed E-state index contributed by atoms with van der Waals surface area (Å²) < 4.78 is 5.26. The second-order valence-electron chi connectivity index (χ2n) is 5.42. The number of carbonyl (C=O) groups is 1. The Morgan fingerprint density at radius 2 is 2.12 bits per heavy atom. The largest absolute Gasteiger partial charge is 0.497 e. The third-order valence-corrected chi connectivity index (χ3v) is 5.26. The van der Waals surface area contributed by atoms with Gasteiger partial charge in [0, 0.05) is 16.9 Å². The highest BCUT2D eigenvalue weighted by molar-refractivity contribution is 7.16. The van der Waals surface area contributed by atoms with Crippen LogP contribution in [0.15, 0.2) is 42.5 Å². The van der Waals surface area contributed by atoms with Crippen molar-refractivity contribution in [3.63, 3.8) is 0 Å². The number of thiazole rings is 1. The molecule has 1 N–H and O–H groups in total. The Hall–Kier alpha value is -2.37. The van der Waals surface area contributed by atoms with Gasteiger partial charge in [-0.3, -0.25) is 10.1 Å². The molecule has 1 aromatic heterocycles. The van der Waals surface area contributed by atoms with Crippen LogP contribution in [0.1, 0.15) is 20.8 Å². The number of nitrogens with one attached hydrogen (secondary N) is 1. The van der Waals surface area contributed by atoms with E-state index in [0.717, 1.165) is 28.3 Å². The lowest BCUT2D eigenvalue weighted by molar-refractivity contribution is 0.102. The Morgan fingerprint density at radius 1 is 1.29 bits per heavy atom. The highest BCUT2D eigenvalue weighted by atomic mass is 35.5. The molecule has 0 spiro atoms. The quantitative estimate of drug-likeness (QED) is 0.582. The number of amides is 1. The first-order valence-corrected chi connectivity index (χ1v) is 8.58. The molecule has 0 atom stereocenters. The second-order valence-corrected chi connectivity index (χ2v) is 6.92. The zero-order valence-electron chi connectivity index (χ0n) is 12.8. The highest BCUT2D eigenvalue weighted by Gasteiger charge is 2.24. The molecule has 120 valence electrons. The maximum absolute atomic E-state index is 12.3. The lowest BCUT2D eigenvalue weighted by Crippen LogP contribution is -2.12. The van der Waals surface area contributed by atoms with Gasteiger partial charge in [0.25, 0.3) is 5.91 Å². The topological polar surface area (TPSA) is 51.2 Å². The molecule has 0 aliphatic heterocycles. The van der Waals surface area contributed by atoms with E-state index in [4.69, 9.17) is 16.3 Å². The number of nitrogens with zero attached hydrogens (tertiary/aromatic N) is 1. The number of hydrogen-bond acceptors (Lipinski definition) is 4. The molecule has 0 bridgehead atoms. The van der Waals surface area contributed by atoms with Gasteiger partial charge in [0.05, 0.1) is 23.4 Å². The molecule has 0 saturated heterocycles. The summed E-state index contributed by atoms with van der Waals surface area (Å²) in [5, 5.41) is 3.86. The van der Waals surface area contributed by atoms with E-state index in [-0.39, 0.29) is 5.91 Å². The Morgan fingerprint density at radius 3 is 2.92 bits per heavy atom. The summed E-state index contributed by atoms with van der Waals surface area (Å²) in [4.78, 5) is 18.1. The fraction of sp³-hybridized carbons (Fsp3) is 0.111. The smallest absolute Gasteiger partial charge is 0.258 e. The maximum Gasteiger partial charge on any atom is 0.258 e. The molecule has 1 heterocycles. The van der Waals surface area contributed by atoms with E-state index in [1.165, 1.54) is 16.9 Å². The van der Waals surface area contributed by atoms with Gasteiger partial charge in [-0.05, 0) is 35.9 Å². The molecule has 4 rings (SSSR count). The van der Waals surface area contributed by atoms with Crippen LogP contribution in [0.25, 0.3) is 11.3 Å². The fourth-order valence-corrected chi connectivity index (χ4v) is 4.01. The van der Waals surface area contributed by atoms with Crippen LogP contribution in [-0.4, -0.2) is 18.0 Å². The van der Waals surface area contributed by atoms with Gasteiger partial charge >= 0.3 is 0 Å². The first-order valence-electron chi connectivity index (χ1n) is 7.38. The van der Waals surface area contributed by atoms with Crippen LogP contribution < -0.4 is 10.1 Å². The molecule has 0 fully saturated rings. The summed E-state index contributed by atoms with van der Waals surface area (Å²) in [6, 6.07) is 12.9. The molecule has 1 aliphatic carbocycles. The number of hydrogen-bond donors (Lipinski definition) is 1. The summed E-state index contributed by atoms with van der Waals surface area (Å²) in [6.07, 6.45) is 0.807. The van der Waals surface area contributed by atoms with E-state index < -0.39 is 0 Å². The third kappa shape index (κ3) is 2.56. The van der Waals surface area contributed by atoms with Crippen molar-refractivity contribution in [1.82, 2.24) is 4.98 Å². The van der Waals surface area contributed by atoms with Crippen LogP contribution in [0.3, 0.4) is 0 Å². The number of anilines is 1. The van der Waals surface area contributed by atoms with Gasteiger partial charge in [0.1, 0.15) is 5.75 Å². The first kappa shape index (κ1) is 15.2. The average Bonchev–Trinajstić information content (AvgIpc) is 3.11. The van der Waals surface area contributed by atoms with Gasteiger partial charge in [0.2, 0.25) is 0 Å². The molecule has 1 aliphatic rings. The molecule has 24 heavy (non-hydrogen) atoms. The van der Waals surface area contributed by atoms with Gasteiger partial charge in [-0.2, -0.15) is 0 Å². The molecule has 4 nitrogen and oxygen atoms in total. The molecule has 0 saturated carbocycles. The third-order valence-electron chi connectivity index (χ3n) is 3.95. The monoisotopic (exact) mass is 356 g/mol. The lowest BCUT2D eigenvalue weighted by Gasteiger charge is -2.05. The molecular formula is C18H13ClN2O2S. The van der Waals surface area contributed by atoms with Crippen molar-refractivity contribution in [3.8, 4) is 17.0 Å². The van der Waals surface area contributed by atoms with Gasteiger partial charge in [-0.15, -0.1) is 11.3 Å². The Balaban J connectivity index is 1.60. The van der Waals surface area contributed by atoms with Crippen molar-refractivity contribution in [1.29, 1.82) is 0 Å². The number of methoxy groups -OCH3 is 1. The SMILES string of the molecule is COc1ccc2c(c1)Cc1sc(NC(=O)c3ccccc3Cl)nc1-2. The van der Waals surface area contributed by atoms with Crippen molar-refractivity contribution in [2.24, 2.45) is 0 Å². The number of carbonyl (C=O) groups excluding carboxylic acids is 1. The summed E-state index contributed by atoms with van der Waals surface area (Å²) >= 11 is 7.56. The van der Waals surface area contributed by atoms with Gasteiger partial charge < -0.3 is 4.74 Å². The molecule has 2 aromatic carbocycles. The van der Waals surface area contributed by atoms with Crippen LogP contribution in [0.5, 0.6) is 5.75 Å². The molecule has 3 aromatic rings. The summed E-state index contributed by atoms with van der Waals surface area (Å²) in [5.41, 5.74) is 3.68.